The number of Topliss-reactive ketones (excluding diaryl/α,β-unsaturated/α-hetero) is 1. The summed E-state index contributed by atoms with van der Waals surface area (Å²) in [5.74, 6) is 0.556. The van der Waals surface area contributed by atoms with Gasteiger partial charge in [0, 0.05) is 12.3 Å². The van der Waals surface area contributed by atoms with Crippen molar-refractivity contribution < 1.29 is 4.79 Å². The highest BCUT2D eigenvalue weighted by atomic mass is 16.1. The summed E-state index contributed by atoms with van der Waals surface area (Å²) in [5.41, 5.74) is 0. The normalized spacial score (nSPS) is 13.0. The number of rotatable bonds is 15. The van der Waals surface area contributed by atoms with Crippen LogP contribution in [0.3, 0.4) is 0 Å². The molecule has 0 N–H and O–H groups in total. The van der Waals surface area contributed by atoms with E-state index < -0.39 is 0 Å². The molecule has 0 bridgehead atoms. The van der Waals surface area contributed by atoms with Crippen LogP contribution in [0.5, 0.6) is 0 Å². The minimum Gasteiger partial charge on any atom is -0.299 e. The molecule has 0 saturated carbocycles. The molecule has 0 aliphatic carbocycles. The lowest BCUT2D eigenvalue weighted by molar-refractivity contribution is -0.121. The number of ketones is 1. The summed E-state index contributed by atoms with van der Waals surface area (Å²) in [7, 11) is 0. The SMILES string of the molecule is CCC/C=C\C/C=C\C/C=C\C/C=C\C/C=C\CCCC(=O)C(C)C. The van der Waals surface area contributed by atoms with Crippen LogP contribution in [0.4, 0.5) is 0 Å². The second kappa shape index (κ2) is 18.7. The Kier molecular flexibility index (Phi) is 17.5. The third-order valence-corrected chi connectivity index (χ3v) is 3.82. The van der Waals surface area contributed by atoms with Gasteiger partial charge in [0.15, 0.2) is 0 Å². The molecule has 0 radical (unpaired) electrons. The van der Waals surface area contributed by atoms with E-state index in [0.29, 0.717) is 12.2 Å². The van der Waals surface area contributed by atoms with Crippen LogP contribution < -0.4 is 0 Å². The molecule has 1 heteroatoms. The lowest BCUT2D eigenvalue weighted by Gasteiger charge is -2.01. The van der Waals surface area contributed by atoms with E-state index in [9.17, 15) is 4.79 Å². The zero-order valence-electron chi connectivity index (χ0n) is 16.6. The molecule has 25 heavy (non-hydrogen) atoms. The predicted octanol–water partition coefficient (Wildman–Crippen LogP) is 7.52. The average molecular weight is 343 g/mol. The molecule has 0 spiro atoms. The Labute approximate surface area is 156 Å². The van der Waals surface area contributed by atoms with Gasteiger partial charge in [-0.05, 0) is 44.9 Å². The minimum absolute atomic E-state index is 0.179. The molecular weight excluding hydrogens is 304 g/mol. The molecule has 0 aliphatic heterocycles. The minimum atomic E-state index is 0.179. The molecular formula is C24H38O. The Bertz CT molecular complexity index is 447. The third kappa shape index (κ3) is 18.5. The van der Waals surface area contributed by atoms with E-state index in [1.165, 1.54) is 12.8 Å². The van der Waals surface area contributed by atoms with Gasteiger partial charge < -0.3 is 0 Å². The molecule has 0 fully saturated rings. The monoisotopic (exact) mass is 342 g/mol. The molecule has 0 aromatic rings. The molecule has 1 nitrogen and oxygen atoms in total. The summed E-state index contributed by atoms with van der Waals surface area (Å²) >= 11 is 0. The first kappa shape index (κ1) is 23.4. The number of unbranched alkanes of at least 4 members (excludes halogenated alkanes) is 2. The Hall–Kier alpha value is -1.63. The predicted molar refractivity (Wildman–Crippen MR) is 113 cm³/mol. The molecule has 0 rings (SSSR count). The van der Waals surface area contributed by atoms with E-state index in [1.807, 2.05) is 13.8 Å². The first-order chi connectivity index (χ1) is 12.2. The van der Waals surface area contributed by atoms with Crippen molar-refractivity contribution in [1.29, 1.82) is 0 Å². The van der Waals surface area contributed by atoms with Crippen molar-refractivity contribution in [3.63, 3.8) is 0 Å². The van der Waals surface area contributed by atoms with Gasteiger partial charge >= 0.3 is 0 Å². The van der Waals surface area contributed by atoms with E-state index >= 15 is 0 Å². The topological polar surface area (TPSA) is 17.1 Å². The standard InChI is InChI=1S/C24H38O/c1-4-5-6-7-8-9-10-11-12-13-14-15-16-17-18-19-20-21-22-24(25)23(2)3/h6-7,9-10,12-13,15-16,18-19,23H,4-5,8,11,14,17,20-22H2,1-3H3/b7-6-,10-9-,13-12-,16-15-,19-18-. The fourth-order valence-electron chi connectivity index (χ4n) is 2.17. The third-order valence-electron chi connectivity index (χ3n) is 3.82. The molecule has 0 amide bonds. The maximum atomic E-state index is 11.5. The van der Waals surface area contributed by atoms with Gasteiger partial charge in [-0.2, -0.15) is 0 Å². The van der Waals surface area contributed by atoms with E-state index in [2.05, 4.69) is 67.7 Å². The maximum Gasteiger partial charge on any atom is 0.135 e. The van der Waals surface area contributed by atoms with E-state index in [1.54, 1.807) is 0 Å². The highest BCUT2D eigenvalue weighted by Crippen LogP contribution is 2.05. The van der Waals surface area contributed by atoms with Gasteiger partial charge in [0.05, 0.1) is 0 Å². The Morgan fingerprint density at radius 3 is 1.48 bits per heavy atom. The van der Waals surface area contributed by atoms with Crippen LogP contribution in [0.25, 0.3) is 0 Å². The van der Waals surface area contributed by atoms with Crippen molar-refractivity contribution in [2.75, 3.05) is 0 Å². The van der Waals surface area contributed by atoms with Crippen LogP contribution in [0, 0.1) is 5.92 Å². The molecule has 0 heterocycles. The molecule has 140 valence electrons. The summed E-state index contributed by atoms with van der Waals surface area (Å²) in [6.07, 6.45) is 31.3. The summed E-state index contributed by atoms with van der Waals surface area (Å²) < 4.78 is 0. The zero-order chi connectivity index (χ0) is 18.6. The molecule has 0 unspecified atom stereocenters. The summed E-state index contributed by atoms with van der Waals surface area (Å²) in [5, 5.41) is 0. The number of carbonyl (C=O) groups excluding carboxylic acids is 1. The van der Waals surface area contributed by atoms with Gasteiger partial charge in [0.25, 0.3) is 0 Å². The summed E-state index contributed by atoms with van der Waals surface area (Å²) in [6, 6.07) is 0. The van der Waals surface area contributed by atoms with Gasteiger partial charge in [0.2, 0.25) is 0 Å². The molecule has 0 aromatic heterocycles. The van der Waals surface area contributed by atoms with Crippen molar-refractivity contribution in [1.82, 2.24) is 0 Å². The lowest BCUT2D eigenvalue weighted by Crippen LogP contribution is -2.05. The van der Waals surface area contributed by atoms with Crippen LogP contribution in [0.15, 0.2) is 60.8 Å². The van der Waals surface area contributed by atoms with Gasteiger partial charge in [-0.1, -0.05) is 88.0 Å². The van der Waals surface area contributed by atoms with Crippen LogP contribution >= 0.6 is 0 Å². The molecule has 0 saturated heterocycles. The molecule has 0 aliphatic rings. The summed E-state index contributed by atoms with van der Waals surface area (Å²) in [4.78, 5) is 11.5. The van der Waals surface area contributed by atoms with Crippen LogP contribution in [-0.2, 0) is 4.79 Å². The quantitative estimate of drug-likeness (QED) is 0.222. The Morgan fingerprint density at radius 1 is 0.680 bits per heavy atom. The molecule has 0 atom stereocenters. The highest BCUT2D eigenvalue weighted by Gasteiger charge is 2.04. The number of hydrogen-bond donors (Lipinski definition) is 0. The second-order valence-electron chi connectivity index (χ2n) is 6.60. The van der Waals surface area contributed by atoms with Crippen LogP contribution in [0.1, 0.15) is 78.6 Å². The fourth-order valence-corrected chi connectivity index (χ4v) is 2.17. The van der Waals surface area contributed by atoms with Crippen molar-refractivity contribution in [3.05, 3.63) is 60.8 Å². The van der Waals surface area contributed by atoms with E-state index in [0.717, 1.165) is 38.5 Å². The largest absolute Gasteiger partial charge is 0.299 e. The first-order valence-electron chi connectivity index (χ1n) is 9.96. The van der Waals surface area contributed by atoms with Crippen LogP contribution in [0.2, 0.25) is 0 Å². The number of allylic oxidation sites excluding steroid dienone is 10. The van der Waals surface area contributed by atoms with Crippen molar-refractivity contribution in [2.24, 2.45) is 5.92 Å². The van der Waals surface area contributed by atoms with Crippen molar-refractivity contribution in [2.45, 2.75) is 78.6 Å². The molecule has 0 aromatic carbocycles. The average Bonchev–Trinajstić information content (AvgIpc) is 2.60. The zero-order valence-corrected chi connectivity index (χ0v) is 16.6. The van der Waals surface area contributed by atoms with Gasteiger partial charge in [-0.3, -0.25) is 4.79 Å². The maximum absolute atomic E-state index is 11.5. The van der Waals surface area contributed by atoms with Crippen LogP contribution in [-0.4, -0.2) is 5.78 Å². The van der Waals surface area contributed by atoms with Crippen molar-refractivity contribution in [3.8, 4) is 0 Å². The highest BCUT2D eigenvalue weighted by molar-refractivity contribution is 5.80. The lowest BCUT2D eigenvalue weighted by atomic mass is 10.0. The second-order valence-corrected chi connectivity index (χ2v) is 6.60. The number of hydrogen-bond acceptors (Lipinski definition) is 1. The van der Waals surface area contributed by atoms with Gasteiger partial charge in [0.1, 0.15) is 5.78 Å². The Morgan fingerprint density at radius 2 is 1.08 bits per heavy atom. The van der Waals surface area contributed by atoms with E-state index in [4.69, 9.17) is 0 Å². The van der Waals surface area contributed by atoms with E-state index in [-0.39, 0.29) is 5.92 Å². The van der Waals surface area contributed by atoms with Gasteiger partial charge in [-0.15, -0.1) is 0 Å². The van der Waals surface area contributed by atoms with Gasteiger partial charge in [-0.25, -0.2) is 0 Å². The smallest absolute Gasteiger partial charge is 0.135 e. The first-order valence-corrected chi connectivity index (χ1v) is 9.96. The van der Waals surface area contributed by atoms with Crippen molar-refractivity contribution >= 4 is 5.78 Å². The number of carbonyl (C=O) groups is 1. The Balaban J connectivity index is 3.52. The fraction of sp³-hybridized carbons (Fsp3) is 0.542. The summed E-state index contributed by atoms with van der Waals surface area (Å²) in [6.45, 7) is 6.15.